The van der Waals surface area contributed by atoms with Crippen molar-refractivity contribution in [3.05, 3.63) is 0 Å². The summed E-state index contributed by atoms with van der Waals surface area (Å²) in [5.74, 6) is 0.722. The zero-order valence-electron chi connectivity index (χ0n) is 15.3. The lowest BCUT2D eigenvalue weighted by Crippen LogP contribution is -2.43. The second-order valence-corrected chi connectivity index (χ2v) is 5.70. The number of rotatable bonds is 10. The number of hydrogen-bond acceptors (Lipinski definition) is 3. The highest BCUT2D eigenvalue weighted by atomic mass is 16.2. The van der Waals surface area contributed by atoms with E-state index in [1.807, 2.05) is 6.92 Å². The number of hydrogen-bond donors (Lipinski definition) is 2. The van der Waals surface area contributed by atoms with E-state index in [2.05, 4.69) is 41.3 Å². The van der Waals surface area contributed by atoms with Crippen LogP contribution in [0, 0.1) is 0 Å². The molecule has 0 aliphatic rings. The number of carbonyl (C=O) groups is 1. The van der Waals surface area contributed by atoms with Gasteiger partial charge in [-0.15, -0.1) is 0 Å². The summed E-state index contributed by atoms with van der Waals surface area (Å²) >= 11 is 0. The average Bonchev–Trinajstić information content (AvgIpc) is 2.49. The molecule has 130 valence electrons. The number of aliphatic imine (C=N–C) groups is 1. The van der Waals surface area contributed by atoms with Crippen molar-refractivity contribution < 1.29 is 4.79 Å². The van der Waals surface area contributed by atoms with Crippen LogP contribution in [0.5, 0.6) is 0 Å². The summed E-state index contributed by atoms with van der Waals surface area (Å²) < 4.78 is 0. The predicted molar refractivity (Wildman–Crippen MR) is 94.3 cm³/mol. The molecule has 1 amide bonds. The third-order valence-corrected chi connectivity index (χ3v) is 3.60. The molecular formula is C16H35N5O. The Balaban J connectivity index is 4.25. The lowest BCUT2D eigenvalue weighted by Gasteiger charge is -2.21. The number of amides is 1. The maximum Gasteiger partial charge on any atom is 0.243 e. The van der Waals surface area contributed by atoms with E-state index in [0.29, 0.717) is 12.0 Å². The lowest BCUT2D eigenvalue weighted by molar-refractivity contribution is -0.127. The molecule has 0 saturated carbocycles. The van der Waals surface area contributed by atoms with E-state index in [9.17, 15) is 4.79 Å². The minimum Gasteiger partial charge on any atom is -0.357 e. The van der Waals surface area contributed by atoms with Crippen LogP contribution in [0.3, 0.4) is 0 Å². The summed E-state index contributed by atoms with van der Waals surface area (Å²) in [7, 11) is 3.49. The Morgan fingerprint density at radius 1 is 1.18 bits per heavy atom. The van der Waals surface area contributed by atoms with E-state index in [1.165, 1.54) is 0 Å². The Morgan fingerprint density at radius 2 is 1.82 bits per heavy atom. The van der Waals surface area contributed by atoms with Crippen molar-refractivity contribution in [3.63, 3.8) is 0 Å². The Hall–Kier alpha value is -1.30. The molecule has 0 aliphatic carbocycles. The molecule has 0 aromatic heterocycles. The van der Waals surface area contributed by atoms with Gasteiger partial charge in [-0.2, -0.15) is 0 Å². The summed E-state index contributed by atoms with van der Waals surface area (Å²) in [5, 5.41) is 6.56. The van der Waals surface area contributed by atoms with Gasteiger partial charge in [0.15, 0.2) is 5.96 Å². The molecule has 0 fully saturated rings. The van der Waals surface area contributed by atoms with Gasteiger partial charge >= 0.3 is 0 Å². The SMILES string of the molecule is CCNC(=NCC(=O)N(C)C)NC(C)CCCN(CC)CC. The van der Waals surface area contributed by atoms with Gasteiger partial charge in [-0.1, -0.05) is 13.8 Å². The Morgan fingerprint density at radius 3 is 2.32 bits per heavy atom. The predicted octanol–water partition coefficient (Wildman–Crippen LogP) is 1.14. The second-order valence-electron chi connectivity index (χ2n) is 5.70. The molecule has 0 rings (SSSR count). The van der Waals surface area contributed by atoms with Gasteiger partial charge in [0.2, 0.25) is 5.91 Å². The van der Waals surface area contributed by atoms with E-state index in [-0.39, 0.29) is 12.5 Å². The molecule has 0 spiro atoms. The van der Waals surface area contributed by atoms with Crippen molar-refractivity contribution in [1.82, 2.24) is 20.4 Å². The summed E-state index contributed by atoms with van der Waals surface area (Å²) in [6, 6.07) is 0.336. The number of carbonyl (C=O) groups excluding carboxylic acids is 1. The zero-order chi connectivity index (χ0) is 17.0. The third-order valence-electron chi connectivity index (χ3n) is 3.60. The fourth-order valence-corrected chi connectivity index (χ4v) is 2.07. The molecule has 0 saturated heterocycles. The number of guanidine groups is 1. The molecular weight excluding hydrogens is 278 g/mol. The van der Waals surface area contributed by atoms with E-state index < -0.39 is 0 Å². The van der Waals surface area contributed by atoms with Gasteiger partial charge in [0.1, 0.15) is 6.54 Å². The normalized spacial score (nSPS) is 13.1. The number of nitrogens with one attached hydrogen (secondary N) is 2. The Labute approximate surface area is 136 Å². The summed E-state index contributed by atoms with van der Waals surface area (Å²) in [5.41, 5.74) is 0. The highest BCUT2D eigenvalue weighted by Gasteiger charge is 2.08. The minimum atomic E-state index is 0.00592. The monoisotopic (exact) mass is 313 g/mol. The van der Waals surface area contributed by atoms with E-state index in [1.54, 1.807) is 19.0 Å². The first-order valence-corrected chi connectivity index (χ1v) is 8.41. The molecule has 0 aliphatic heterocycles. The smallest absolute Gasteiger partial charge is 0.243 e. The van der Waals surface area contributed by atoms with Crippen LogP contribution in [0.4, 0.5) is 0 Å². The summed E-state index contributed by atoms with van der Waals surface area (Å²) in [6.07, 6.45) is 2.24. The highest BCUT2D eigenvalue weighted by Crippen LogP contribution is 1.99. The van der Waals surface area contributed by atoms with Crippen molar-refractivity contribution >= 4 is 11.9 Å². The maximum atomic E-state index is 11.6. The molecule has 1 atom stereocenters. The van der Waals surface area contributed by atoms with Crippen LogP contribution < -0.4 is 10.6 Å². The standard InChI is InChI=1S/C16H35N5O/c1-7-17-16(18-13-15(22)20(5)6)19-14(4)11-10-12-21(8-2)9-3/h14H,7-13H2,1-6H3,(H2,17,18,19). The fourth-order valence-electron chi connectivity index (χ4n) is 2.07. The molecule has 1 unspecified atom stereocenters. The van der Waals surface area contributed by atoms with Gasteiger partial charge in [0.25, 0.3) is 0 Å². The van der Waals surface area contributed by atoms with Crippen LogP contribution >= 0.6 is 0 Å². The fraction of sp³-hybridized carbons (Fsp3) is 0.875. The molecule has 2 N–H and O–H groups in total. The van der Waals surface area contributed by atoms with Crippen molar-refractivity contribution in [3.8, 4) is 0 Å². The molecule has 0 heterocycles. The van der Waals surface area contributed by atoms with Crippen LogP contribution in [-0.4, -0.2) is 74.5 Å². The summed E-state index contributed by atoms with van der Waals surface area (Å²) in [4.78, 5) is 19.9. The number of likely N-dealkylation sites (N-methyl/N-ethyl adjacent to an activating group) is 1. The van der Waals surface area contributed by atoms with Crippen LogP contribution in [0.2, 0.25) is 0 Å². The summed E-state index contributed by atoms with van der Waals surface area (Å²) in [6.45, 7) is 12.9. The first kappa shape index (κ1) is 20.7. The molecule has 6 nitrogen and oxygen atoms in total. The van der Waals surface area contributed by atoms with Gasteiger partial charge in [-0.25, -0.2) is 4.99 Å². The first-order valence-electron chi connectivity index (χ1n) is 8.41. The van der Waals surface area contributed by atoms with Gasteiger partial charge < -0.3 is 20.4 Å². The minimum absolute atomic E-state index is 0.00592. The Kier molecular flexibility index (Phi) is 11.5. The lowest BCUT2D eigenvalue weighted by atomic mass is 10.2. The molecule has 0 aromatic rings. The van der Waals surface area contributed by atoms with Gasteiger partial charge in [0.05, 0.1) is 0 Å². The first-order chi connectivity index (χ1) is 10.4. The molecule has 0 bridgehead atoms. The number of nitrogens with zero attached hydrogens (tertiary/aromatic N) is 3. The largest absolute Gasteiger partial charge is 0.357 e. The van der Waals surface area contributed by atoms with Crippen LogP contribution in [0.1, 0.15) is 40.5 Å². The maximum absolute atomic E-state index is 11.6. The molecule has 6 heteroatoms. The van der Waals surface area contributed by atoms with Crippen molar-refractivity contribution in [1.29, 1.82) is 0 Å². The molecule has 0 radical (unpaired) electrons. The Bertz CT molecular complexity index is 326. The van der Waals surface area contributed by atoms with Crippen LogP contribution in [-0.2, 0) is 4.79 Å². The van der Waals surface area contributed by atoms with Gasteiger partial charge in [-0.05, 0) is 46.3 Å². The third kappa shape index (κ3) is 9.60. The average molecular weight is 313 g/mol. The molecule has 0 aromatic carbocycles. The van der Waals surface area contributed by atoms with Crippen molar-refractivity contribution in [2.24, 2.45) is 4.99 Å². The van der Waals surface area contributed by atoms with Gasteiger partial charge in [0, 0.05) is 26.7 Å². The van der Waals surface area contributed by atoms with Crippen molar-refractivity contribution in [2.75, 3.05) is 46.8 Å². The molecule has 22 heavy (non-hydrogen) atoms. The topological polar surface area (TPSA) is 60.0 Å². The zero-order valence-corrected chi connectivity index (χ0v) is 15.3. The highest BCUT2D eigenvalue weighted by molar-refractivity contribution is 5.84. The second kappa shape index (κ2) is 12.3. The van der Waals surface area contributed by atoms with Crippen LogP contribution in [0.15, 0.2) is 4.99 Å². The van der Waals surface area contributed by atoms with E-state index in [4.69, 9.17) is 0 Å². The van der Waals surface area contributed by atoms with Gasteiger partial charge in [-0.3, -0.25) is 4.79 Å². The van der Waals surface area contributed by atoms with E-state index >= 15 is 0 Å². The van der Waals surface area contributed by atoms with Crippen molar-refractivity contribution in [2.45, 2.75) is 46.6 Å². The quantitative estimate of drug-likeness (QED) is 0.469. The van der Waals surface area contributed by atoms with E-state index in [0.717, 1.165) is 39.0 Å². The van der Waals surface area contributed by atoms with Crippen LogP contribution in [0.25, 0.3) is 0 Å².